The molecule has 1 amide bonds. The number of hydrogen-bond donors (Lipinski definition) is 1. The van der Waals surface area contributed by atoms with E-state index in [1.807, 2.05) is 18.2 Å². The molecule has 1 heterocycles. The standard InChI is InChI=1S/C25H32N2O3/c1-4-30-24(29)19-14-12-18(13-15-19)22(23(26)28)25(2,3)20-10-6-7-11-21(20)27-16-8-5-9-17-27/h6-7,10-15,22H,4-5,8-9,16-17H2,1-3H3,(H2,26,28). The number of carbonyl (C=O) groups excluding carboxylic acids is 2. The second kappa shape index (κ2) is 9.33. The van der Waals surface area contributed by atoms with Crippen LogP contribution in [0.1, 0.15) is 67.4 Å². The van der Waals surface area contributed by atoms with Crippen LogP contribution in [0.25, 0.3) is 0 Å². The second-order valence-electron chi connectivity index (χ2n) is 8.46. The van der Waals surface area contributed by atoms with Gasteiger partial charge in [0.05, 0.1) is 18.1 Å². The summed E-state index contributed by atoms with van der Waals surface area (Å²) in [6, 6.07) is 15.4. The lowest BCUT2D eigenvalue weighted by Gasteiger charge is -2.38. The van der Waals surface area contributed by atoms with E-state index in [2.05, 4.69) is 36.9 Å². The summed E-state index contributed by atoms with van der Waals surface area (Å²) in [7, 11) is 0. The van der Waals surface area contributed by atoms with E-state index < -0.39 is 11.3 Å². The fraction of sp³-hybridized carbons (Fsp3) is 0.440. The van der Waals surface area contributed by atoms with Gasteiger partial charge in [-0.2, -0.15) is 0 Å². The van der Waals surface area contributed by atoms with Crippen LogP contribution in [0.2, 0.25) is 0 Å². The zero-order valence-electron chi connectivity index (χ0n) is 18.2. The first-order chi connectivity index (χ1) is 14.4. The number of para-hydroxylation sites is 1. The van der Waals surface area contributed by atoms with Gasteiger partial charge in [-0.15, -0.1) is 0 Å². The molecule has 0 saturated carbocycles. The van der Waals surface area contributed by atoms with Crippen LogP contribution in [0.3, 0.4) is 0 Å². The van der Waals surface area contributed by atoms with Gasteiger partial charge in [0.25, 0.3) is 0 Å². The summed E-state index contributed by atoms with van der Waals surface area (Å²) in [5.41, 5.74) is 8.96. The predicted octanol–water partition coefficient (Wildman–Crippen LogP) is 4.40. The average Bonchev–Trinajstić information content (AvgIpc) is 2.74. The van der Waals surface area contributed by atoms with Crippen molar-refractivity contribution >= 4 is 17.6 Å². The molecule has 1 atom stereocenters. The maximum Gasteiger partial charge on any atom is 0.338 e. The number of ether oxygens (including phenoxy) is 1. The minimum absolute atomic E-state index is 0.324. The minimum Gasteiger partial charge on any atom is -0.462 e. The number of hydrogen-bond acceptors (Lipinski definition) is 4. The van der Waals surface area contributed by atoms with E-state index in [9.17, 15) is 9.59 Å². The molecular formula is C25H32N2O3. The molecule has 2 aromatic carbocycles. The third-order valence-electron chi connectivity index (χ3n) is 6.06. The number of piperidine rings is 1. The molecule has 1 unspecified atom stereocenters. The van der Waals surface area contributed by atoms with Gasteiger partial charge >= 0.3 is 5.97 Å². The number of benzene rings is 2. The van der Waals surface area contributed by atoms with E-state index in [0.29, 0.717) is 12.2 Å². The summed E-state index contributed by atoms with van der Waals surface area (Å²) < 4.78 is 5.06. The van der Waals surface area contributed by atoms with Crippen LogP contribution in [0.15, 0.2) is 48.5 Å². The van der Waals surface area contributed by atoms with E-state index in [4.69, 9.17) is 10.5 Å². The fourth-order valence-electron chi connectivity index (χ4n) is 4.55. The van der Waals surface area contributed by atoms with Gasteiger partial charge in [-0.25, -0.2) is 4.79 Å². The van der Waals surface area contributed by atoms with E-state index in [1.54, 1.807) is 19.1 Å². The molecule has 2 aromatic rings. The van der Waals surface area contributed by atoms with Gasteiger partial charge in [0.2, 0.25) is 5.91 Å². The number of nitrogens with two attached hydrogens (primary N) is 1. The topological polar surface area (TPSA) is 72.6 Å². The average molecular weight is 409 g/mol. The van der Waals surface area contributed by atoms with E-state index in [-0.39, 0.29) is 11.9 Å². The molecule has 160 valence electrons. The quantitative estimate of drug-likeness (QED) is 0.689. The number of carbonyl (C=O) groups is 2. The SMILES string of the molecule is CCOC(=O)c1ccc(C(C(N)=O)C(C)(C)c2ccccc2N2CCCCC2)cc1. The van der Waals surface area contributed by atoms with Gasteiger partial charge in [0.1, 0.15) is 0 Å². The van der Waals surface area contributed by atoms with Gasteiger partial charge in [0, 0.05) is 24.2 Å². The number of anilines is 1. The molecule has 0 bridgehead atoms. The highest BCUT2D eigenvalue weighted by atomic mass is 16.5. The van der Waals surface area contributed by atoms with Crippen molar-refractivity contribution in [1.82, 2.24) is 0 Å². The summed E-state index contributed by atoms with van der Waals surface area (Å²) in [5.74, 6) is -1.27. The molecule has 0 aliphatic carbocycles. The summed E-state index contributed by atoms with van der Waals surface area (Å²) in [6.45, 7) is 8.31. The monoisotopic (exact) mass is 408 g/mol. The maximum atomic E-state index is 12.6. The molecule has 3 rings (SSSR count). The third-order valence-corrected chi connectivity index (χ3v) is 6.06. The molecule has 1 fully saturated rings. The van der Waals surface area contributed by atoms with Crippen LogP contribution >= 0.6 is 0 Å². The Morgan fingerprint density at radius 3 is 2.27 bits per heavy atom. The summed E-state index contributed by atoms with van der Waals surface area (Å²) in [5, 5.41) is 0. The molecule has 1 aliphatic heterocycles. The van der Waals surface area contributed by atoms with Crippen LogP contribution in [0.5, 0.6) is 0 Å². The Bertz CT molecular complexity index is 884. The van der Waals surface area contributed by atoms with Crippen molar-refractivity contribution in [3.63, 3.8) is 0 Å². The van der Waals surface area contributed by atoms with Gasteiger partial charge < -0.3 is 15.4 Å². The molecular weight excluding hydrogens is 376 g/mol. The zero-order valence-corrected chi connectivity index (χ0v) is 18.2. The van der Waals surface area contributed by atoms with E-state index in [0.717, 1.165) is 24.2 Å². The summed E-state index contributed by atoms with van der Waals surface area (Å²) in [4.78, 5) is 27.0. The molecule has 5 heteroatoms. The van der Waals surface area contributed by atoms with Gasteiger partial charge in [0.15, 0.2) is 0 Å². The molecule has 0 spiro atoms. The summed E-state index contributed by atoms with van der Waals surface area (Å²) in [6.07, 6.45) is 3.63. The van der Waals surface area contributed by atoms with Crippen molar-refractivity contribution in [3.8, 4) is 0 Å². The fourth-order valence-corrected chi connectivity index (χ4v) is 4.55. The van der Waals surface area contributed by atoms with Crippen molar-refractivity contribution in [3.05, 3.63) is 65.2 Å². The molecule has 5 nitrogen and oxygen atoms in total. The Morgan fingerprint density at radius 1 is 1.03 bits per heavy atom. The van der Waals surface area contributed by atoms with Crippen LogP contribution in [-0.2, 0) is 14.9 Å². The lowest BCUT2D eigenvalue weighted by molar-refractivity contribution is -0.120. The first kappa shape index (κ1) is 21.9. The lowest BCUT2D eigenvalue weighted by Crippen LogP contribution is -2.39. The van der Waals surface area contributed by atoms with Crippen LogP contribution in [0, 0.1) is 0 Å². The van der Waals surface area contributed by atoms with Crippen molar-refractivity contribution in [2.24, 2.45) is 5.73 Å². The smallest absolute Gasteiger partial charge is 0.338 e. The van der Waals surface area contributed by atoms with Crippen molar-refractivity contribution in [2.75, 3.05) is 24.6 Å². The molecule has 30 heavy (non-hydrogen) atoms. The Kier molecular flexibility index (Phi) is 6.80. The Hall–Kier alpha value is -2.82. The van der Waals surface area contributed by atoms with Crippen molar-refractivity contribution < 1.29 is 14.3 Å². The zero-order chi connectivity index (χ0) is 21.7. The van der Waals surface area contributed by atoms with E-state index in [1.165, 1.54) is 24.9 Å². The first-order valence-corrected chi connectivity index (χ1v) is 10.8. The molecule has 1 aliphatic rings. The predicted molar refractivity (Wildman–Crippen MR) is 120 cm³/mol. The summed E-state index contributed by atoms with van der Waals surface area (Å²) >= 11 is 0. The number of esters is 1. The van der Waals surface area contributed by atoms with Gasteiger partial charge in [-0.3, -0.25) is 4.79 Å². The number of primary amides is 1. The molecule has 0 aromatic heterocycles. The van der Waals surface area contributed by atoms with Crippen molar-refractivity contribution in [1.29, 1.82) is 0 Å². The highest BCUT2D eigenvalue weighted by molar-refractivity contribution is 5.90. The Morgan fingerprint density at radius 2 is 1.67 bits per heavy atom. The Balaban J connectivity index is 1.98. The number of amides is 1. The number of rotatable bonds is 7. The molecule has 0 radical (unpaired) electrons. The van der Waals surface area contributed by atoms with Crippen LogP contribution in [-0.4, -0.2) is 31.6 Å². The third kappa shape index (κ3) is 4.50. The minimum atomic E-state index is -0.528. The van der Waals surface area contributed by atoms with Gasteiger partial charge in [-0.1, -0.05) is 44.2 Å². The number of nitrogens with zero attached hydrogens (tertiary/aromatic N) is 1. The largest absolute Gasteiger partial charge is 0.462 e. The highest BCUT2D eigenvalue weighted by Crippen LogP contribution is 2.43. The Labute approximate surface area is 179 Å². The first-order valence-electron chi connectivity index (χ1n) is 10.8. The lowest BCUT2D eigenvalue weighted by atomic mass is 9.69. The second-order valence-corrected chi connectivity index (χ2v) is 8.46. The van der Waals surface area contributed by atoms with Crippen LogP contribution < -0.4 is 10.6 Å². The molecule has 1 saturated heterocycles. The van der Waals surface area contributed by atoms with Crippen molar-refractivity contribution in [2.45, 2.75) is 51.4 Å². The molecule has 2 N–H and O–H groups in total. The van der Waals surface area contributed by atoms with Gasteiger partial charge in [-0.05, 0) is 55.5 Å². The van der Waals surface area contributed by atoms with E-state index >= 15 is 0 Å². The normalized spacial score (nSPS) is 15.5. The van der Waals surface area contributed by atoms with Crippen LogP contribution in [0.4, 0.5) is 5.69 Å². The maximum absolute atomic E-state index is 12.6. The highest BCUT2D eigenvalue weighted by Gasteiger charge is 2.39.